The molecule has 0 radical (unpaired) electrons. The number of rotatable bonds is 7. The van der Waals surface area contributed by atoms with Gasteiger partial charge in [0, 0.05) is 13.7 Å². The first-order valence-electron chi connectivity index (χ1n) is 5.60. The van der Waals surface area contributed by atoms with Crippen LogP contribution in [0.4, 0.5) is 0 Å². The molecule has 0 spiro atoms. The summed E-state index contributed by atoms with van der Waals surface area (Å²) < 4.78 is 4.93. The highest BCUT2D eigenvalue weighted by Gasteiger charge is 2.32. The van der Waals surface area contributed by atoms with Gasteiger partial charge in [-0.1, -0.05) is 30.3 Å². The molecule has 0 fully saturated rings. The topological polar surface area (TPSA) is 58.6 Å². The zero-order valence-corrected chi connectivity index (χ0v) is 10.3. The van der Waals surface area contributed by atoms with E-state index in [1.165, 1.54) is 12.7 Å². The molecule has 1 rings (SSSR count). The Morgan fingerprint density at radius 2 is 2.06 bits per heavy atom. The molecule has 0 bridgehead atoms. The molecule has 0 aliphatic carbocycles. The third-order valence-electron chi connectivity index (χ3n) is 2.68. The van der Waals surface area contributed by atoms with Crippen molar-refractivity contribution >= 4 is 5.97 Å². The highest BCUT2D eigenvalue weighted by molar-refractivity contribution is 5.78. The van der Waals surface area contributed by atoms with Gasteiger partial charge in [-0.2, -0.15) is 0 Å². The SMILES string of the molecule is COCC(C)(NCCc1ccccc1)C(=O)O. The quantitative estimate of drug-likeness (QED) is 0.750. The van der Waals surface area contributed by atoms with Gasteiger partial charge in [-0.3, -0.25) is 10.1 Å². The van der Waals surface area contributed by atoms with Crippen LogP contribution in [0.1, 0.15) is 12.5 Å². The Labute approximate surface area is 102 Å². The highest BCUT2D eigenvalue weighted by atomic mass is 16.5. The van der Waals surface area contributed by atoms with Crippen LogP contribution in [0.2, 0.25) is 0 Å². The van der Waals surface area contributed by atoms with Crippen LogP contribution in [0.25, 0.3) is 0 Å². The standard InChI is InChI=1S/C13H19NO3/c1-13(10-17-2,12(15)16)14-9-8-11-6-4-3-5-7-11/h3-7,14H,8-10H2,1-2H3,(H,15,16). The van der Waals surface area contributed by atoms with Crippen molar-refractivity contribution in [2.24, 2.45) is 0 Å². The minimum atomic E-state index is -1.02. The Morgan fingerprint density at radius 1 is 1.41 bits per heavy atom. The first-order chi connectivity index (χ1) is 8.08. The van der Waals surface area contributed by atoms with Crippen LogP contribution in [-0.2, 0) is 16.0 Å². The van der Waals surface area contributed by atoms with Crippen LogP contribution < -0.4 is 5.32 Å². The monoisotopic (exact) mass is 237 g/mol. The lowest BCUT2D eigenvalue weighted by Gasteiger charge is -2.25. The number of hydrogen-bond donors (Lipinski definition) is 2. The molecule has 1 aromatic carbocycles. The van der Waals surface area contributed by atoms with E-state index in [1.807, 2.05) is 30.3 Å². The number of ether oxygens (including phenoxy) is 1. The average Bonchev–Trinajstić information content (AvgIpc) is 2.30. The minimum Gasteiger partial charge on any atom is -0.480 e. The van der Waals surface area contributed by atoms with Gasteiger partial charge in [0.1, 0.15) is 5.54 Å². The first kappa shape index (κ1) is 13.7. The van der Waals surface area contributed by atoms with Gasteiger partial charge in [0.25, 0.3) is 0 Å². The summed E-state index contributed by atoms with van der Waals surface area (Å²) in [7, 11) is 1.50. The van der Waals surface area contributed by atoms with Crippen LogP contribution >= 0.6 is 0 Å². The third-order valence-corrected chi connectivity index (χ3v) is 2.68. The first-order valence-corrected chi connectivity index (χ1v) is 5.60. The fraction of sp³-hybridized carbons (Fsp3) is 0.462. The lowest BCUT2D eigenvalue weighted by Crippen LogP contribution is -2.53. The molecule has 0 saturated carbocycles. The molecule has 1 atom stereocenters. The molecule has 0 aliphatic heterocycles. The zero-order chi connectivity index (χ0) is 12.7. The van der Waals surface area contributed by atoms with E-state index in [0.29, 0.717) is 6.54 Å². The molecule has 94 valence electrons. The molecule has 0 aromatic heterocycles. The van der Waals surface area contributed by atoms with Gasteiger partial charge in [0.05, 0.1) is 6.61 Å². The molecule has 4 nitrogen and oxygen atoms in total. The molecule has 0 amide bonds. The summed E-state index contributed by atoms with van der Waals surface area (Å²) in [6, 6.07) is 9.96. The van der Waals surface area contributed by atoms with Crippen molar-refractivity contribution in [1.82, 2.24) is 5.32 Å². The van der Waals surface area contributed by atoms with Gasteiger partial charge in [-0.05, 0) is 18.9 Å². The Bertz CT molecular complexity index is 353. The molecular formula is C13H19NO3. The smallest absolute Gasteiger partial charge is 0.326 e. The third kappa shape index (κ3) is 4.17. The Balaban J connectivity index is 2.45. The molecule has 1 unspecified atom stereocenters. The average molecular weight is 237 g/mol. The van der Waals surface area contributed by atoms with Crippen molar-refractivity contribution in [1.29, 1.82) is 0 Å². The number of carboxylic acid groups (broad SMARTS) is 1. The summed E-state index contributed by atoms with van der Waals surface area (Å²) in [5, 5.41) is 12.1. The largest absolute Gasteiger partial charge is 0.480 e. The van der Waals surface area contributed by atoms with Crippen LogP contribution in [0, 0.1) is 0 Å². The summed E-state index contributed by atoms with van der Waals surface area (Å²) in [5.41, 5.74) is 0.161. The predicted octanol–water partition coefficient (Wildman–Crippen LogP) is 1.31. The van der Waals surface area contributed by atoms with Crippen LogP contribution in [0.3, 0.4) is 0 Å². The molecule has 4 heteroatoms. The molecule has 0 saturated heterocycles. The fourth-order valence-corrected chi connectivity index (χ4v) is 1.60. The number of benzene rings is 1. The van der Waals surface area contributed by atoms with Gasteiger partial charge in [-0.15, -0.1) is 0 Å². The Hall–Kier alpha value is -1.39. The number of carboxylic acids is 1. The number of methoxy groups -OCH3 is 1. The van der Waals surface area contributed by atoms with E-state index >= 15 is 0 Å². The van der Waals surface area contributed by atoms with Crippen molar-refractivity contribution in [2.75, 3.05) is 20.3 Å². The second kappa shape index (κ2) is 6.37. The molecule has 0 heterocycles. The van der Waals surface area contributed by atoms with E-state index in [4.69, 9.17) is 9.84 Å². The van der Waals surface area contributed by atoms with E-state index in [-0.39, 0.29) is 6.61 Å². The maximum atomic E-state index is 11.1. The molecule has 1 aromatic rings. The van der Waals surface area contributed by atoms with Crippen LogP contribution in [-0.4, -0.2) is 36.9 Å². The van der Waals surface area contributed by atoms with Gasteiger partial charge < -0.3 is 9.84 Å². The van der Waals surface area contributed by atoms with Crippen molar-refractivity contribution in [3.8, 4) is 0 Å². The second-order valence-electron chi connectivity index (χ2n) is 4.23. The van der Waals surface area contributed by atoms with Crippen LogP contribution in [0.15, 0.2) is 30.3 Å². The zero-order valence-electron chi connectivity index (χ0n) is 10.3. The maximum Gasteiger partial charge on any atom is 0.326 e. The summed E-state index contributed by atoms with van der Waals surface area (Å²) in [6.07, 6.45) is 0.799. The molecule has 0 aliphatic rings. The van der Waals surface area contributed by atoms with E-state index in [9.17, 15) is 4.79 Å². The molecular weight excluding hydrogens is 218 g/mol. The number of hydrogen-bond acceptors (Lipinski definition) is 3. The molecule has 2 N–H and O–H groups in total. The highest BCUT2D eigenvalue weighted by Crippen LogP contribution is 2.05. The summed E-state index contributed by atoms with van der Waals surface area (Å²) in [5.74, 6) is -0.896. The normalized spacial score (nSPS) is 14.2. The van der Waals surface area contributed by atoms with E-state index in [0.717, 1.165) is 6.42 Å². The van der Waals surface area contributed by atoms with E-state index < -0.39 is 11.5 Å². The van der Waals surface area contributed by atoms with Gasteiger partial charge >= 0.3 is 5.97 Å². The van der Waals surface area contributed by atoms with Crippen molar-refractivity contribution < 1.29 is 14.6 Å². The van der Waals surface area contributed by atoms with Crippen LogP contribution in [0.5, 0.6) is 0 Å². The number of aliphatic carboxylic acids is 1. The lowest BCUT2D eigenvalue weighted by molar-refractivity contribution is -0.146. The van der Waals surface area contributed by atoms with Crippen molar-refractivity contribution in [2.45, 2.75) is 18.9 Å². The summed E-state index contributed by atoms with van der Waals surface area (Å²) in [4.78, 5) is 11.1. The second-order valence-corrected chi connectivity index (χ2v) is 4.23. The molecule has 17 heavy (non-hydrogen) atoms. The summed E-state index contributed by atoms with van der Waals surface area (Å²) in [6.45, 7) is 2.39. The predicted molar refractivity (Wildman–Crippen MR) is 66.1 cm³/mol. The Kier molecular flexibility index (Phi) is 5.12. The maximum absolute atomic E-state index is 11.1. The van der Waals surface area contributed by atoms with Gasteiger partial charge in [-0.25, -0.2) is 0 Å². The fourth-order valence-electron chi connectivity index (χ4n) is 1.60. The summed E-state index contributed by atoms with van der Waals surface area (Å²) >= 11 is 0. The van der Waals surface area contributed by atoms with E-state index in [2.05, 4.69) is 5.32 Å². The van der Waals surface area contributed by atoms with Crippen molar-refractivity contribution in [3.63, 3.8) is 0 Å². The lowest BCUT2D eigenvalue weighted by atomic mass is 10.0. The van der Waals surface area contributed by atoms with Gasteiger partial charge in [0.15, 0.2) is 0 Å². The van der Waals surface area contributed by atoms with E-state index in [1.54, 1.807) is 6.92 Å². The Morgan fingerprint density at radius 3 is 2.59 bits per heavy atom. The minimum absolute atomic E-state index is 0.150. The van der Waals surface area contributed by atoms with Crippen molar-refractivity contribution in [3.05, 3.63) is 35.9 Å². The van der Waals surface area contributed by atoms with Gasteiger partial charge in [0.2, 0.25) is 0 Å². The number of carbonyl (C=O) groups is 1. The number of nitrogens with one attached hydrogen (secondary N) is 1.